The van der Waals surface area contributed by atoms with Crippen molar-refractivity contribution in [2.75, 3.05) is 10.6 Å². The van der Waals surface area contributed by atoms with Crippen LogP contribution in [0.3, 0.4) is 0 Å². The minimum absolute atomic E-state index is 0.205. The summed E-state index contributed by atoms with van der Waals surface area (Å²) in [6.07, 6.45) is 0. The van der Waals surface area contributed by atoms with Crippen LogP contribution < -0.4 is 15.4 Å². The maximum Gasteiger partial charge on any atom is 0.280 e. The van der Waals surface area contributed by atoms with E-state index in [4.69, 9.17) is 4.74 Å². The monoisotopic (exact) mass is 398 g/mol. The van der Waals surface area contributed by atoms with Gasteiger partial charge in [-0.3, -0.25) is 14.9 Å². The molecule has 1 aliphatic heterocycles. The zero-order valence-corrected chi connectivity index (χ0v) is 15.8. The fourth-order valence-electron chi connectivity index (χ4n) is 2.69. The van der Waals surface area contributed by atoms with Crippen LogP contribution in [0.4, 0.5) is 15.2 Å². The predicted molar refractivity (Wildman–Crippen MR) is 103 cm³/mol. The van der Waals surface area contributed by atoms with Crippen LogP contribution in [-0.2, 0) is 9.59 Å². The Kier molecular flexibility index (Phi) is 4.31. The Morgan fingerprint density at radius 3 is 2.71 bits per heavy atom. The van der Waals surface area contributed by atoms with Crippen molar-refractivity contribution in [1.82, 2.24) is 10.2 Å². The SMILES string of the molecule is Cc1ccc2c(c1)NC(=O)C(C)(C(=O)Nc1nnc(-c3ccc(F)cc3)s1)O2. The lowest BCUT2D eigenvalue weighted by atomic mass is 10.0. The van der Waals surface area contributed by atoms with Crippen LogP contribution in [0.2, 0.25) is 0 Å². The number of benzene rings is 2. The summed E-state index contributed by atoms with van der Waals surface area (Å²) in [5.41, 5.74) is 0.383. The summed E-state index contributed by atoms with van der Waals surface area (Å²) < 4.78 is 18.8. The maximum absolute atomic E-state index is 13.1. The van der Waals surface area contributed by atoms with Crippen molar-refractivity contribution in [2.24, 2.45) is 0 Å². The van der Waals surface area contributed by atoms with Crippen molar-refractivity contribution in [2.45, 2.75) is 19.4 Å². The van der Waals surface area contributed by atoms with E-state index < -0.39 is 17.4 Å². The van der Waals surface area contributed by atoms with Gasteiger partial charge < -0.3 is 10.1 Å². The van der Waals surface area contributed by atoms with Crippen LogP contribution in [0.25, 0.3) is 10.6 Å². The molecule has 28 heavy (non-hydrogen) atoms. The number of nitrogens with zero attached hydrogens (tertiary/aromatic N) is 2. The number of amides is 2. The number of ether oxygens (including phenoxy) is 1. The fourth-order valence-corrected chi connectivity index (χ4v) is 3.43. The second-order valence-electron chi connectivity index (χ2n) is 6.46. The van der Waals surface area contributed by atoms with E-state index in [1.165, 1.54) is 19.1 Å². The van der Waals surface area contributed by atoms with E-state index in [9.17, 15) is 14.0 Å². The predicted octanol–water partition coefficient (Wildman–Crippen LogP) is 3.38. The van der Waals surface area contributed by atoms with Gasteiger partial charge in [0.2, 0.25) is 5.13 Å². The molecule has 0 spiro atoms. The molecule has 1 aromatic heterocycles. The molecule has 1 aliphatic rings. The van der Waals surface area contributed by atoms with Crippen LogP contribution in [0.1, 0.15) is 12.5 Å². The second-order valence-corrected chi connectivity index (χ2v) is 7.44. The molecule has 0 fully saturated rings. The standard InChI is InChI=1S/C19H15FN4O3S/c1-10-3-8-14-13(9-10)21-16(25)19(2,27-14)17(26)22-18-24-23-15(28-18)11-4-6-12(20)7-5-11/h3-9H,1-2H3,(H,21,25)(H,22,24,26). The number of hydrogen-bond donors (Lipinski definition) is 2. The number of rotatable bonds is 3. The maximum atomic E-state index is 13.1. The summed E-state index contributed by atoms with van der Waals surface area (Å²) in [7, 11) is 0. The van der Waals surface area contributed by atoms with E-state index in [0.717, 1.165) is 16.9 Å². The first-order valence-electron chi connectivity index (χ1n) is 8.37. The van der Waals surface area contributed by atoms with Crippen LogP contribution in [-0.4, -0.2) is 27.6 Å². The first kappa shape index (κ1) is 18.1. The van der Waals surface area contributed by atoms with E-state index >= 15 is 0 Å². The molecule has 3 aromatic rings. The van der Waals surface area contributed by atoms with Gasteiger partial charge in [-0.15, -0.1) is 10.2 Å². The van der Waals surface area contributed by atoms with Crippen molar-refractivity contribution in [3.63, 3.8) is 0 Å². The van der Waals surface area contributed by atoms with Gasteiger partial charge in [-0.25, -0.2) is 4.39 Å². The molecule has 0 radical (unpaired) electrons. The largest absolute Gasteiger partial charge is 0.466 e. The summed E-state index contributed by atoms with van der Waals surface area (Å²) in [6.45, 7) is 3.28. The van der Waals surface area contributed by atoms with E-state index in [-0.39, 0.29) is 10.9 Å². The number of halogens is 1. The third-order valence-corrected chi connectivity index (χ3v) is 5.19. The highest BCUT2D eigenvalue weighted by Crippen LogP contribution is 2.35. The fraction of sp³-hybridized carbons (Fsp3) is 0.158. The quantitative estimate of drug-likeness (QED) is 0.660. The molecule has 4 rings (SSSR count). The van der Waals surface area contributed by atoms with Gasteiger partial charge in [-0.2, -0.15) is 0 Å². The molecule has 1 atom stereocenters. The number of aromatic nitrogens is 2. The summed E-state index contributed by atoms with van der Waals surface area (Å²) >= 11 is 1.11. The van der Waals surface area contributed by atoms with E-state index in [2.05, 4.69) is 20.8 Å². The van der Waals surface area contributed by atoms with Crippen molar-refractivity contribution >= 4 is 34.0 Å². The Morgan fingerprint density at radius 2 is 1.96 bits per heavy atom. The number of carbonyl (C=O) groups excluding carboxylic acids is 2. The van der Waals surface area contributed by atoms with Gasteiger partial charge in [0.15, 0.2) is 0 Å². The van der Waals surface area contributed by atoms with Gasteiger partial charge in [0.1, 0.15) is 16.6 Å². The molecule has 0 saturated carbocycles. The number of fused-ring (bicyclic) bond motifs is 1. The lowest BCUT2D eigenvalue weighted by Crippen LogP contribution is -2.56. The third-order valence-electron chi connectivity index (χ3n) is 4.30. The van der Waals surface area contributed by atoms with Gasteiger partial charge in [-0.1, -0.05) is 17.4 Å². The highest BCUT2D eigenvalue weighted by atomic mass is 32.1. The molecule has 2 aromatic carbocycles. The van der Waals surface area contributed by atoms with Crippen LogP contribution in [0, 0.1) is 12.7 Å². The number of anilines is 2. The minimum atomic E-state index is -1.76. The highest BCUT2D eigenvalue weighted by molar-refractivity contribution is 7.18. The molecule has 2 N–H and O–H groups in total. The lowest BCUT2D eigenvalue weighted by molar-refractivity contribution is -0.143. The van der Waals surface area contributed by atoms with Crippen molar-refractivity contribution < 1.29 is 18.7 Å². The molecule has 9 heteroatoms. The Labute approximate surface area is 163 Å². The van der Waals surface area contributed by atoms with Gasteiger partial charge in [0, 0.05) is 5.56 Å². The molecular formula is C19H15FN4O3S. The number of aryl methyl sites for hydroxylation is 1. The summed E-state index contributed by atoms with van der Waals surface area (Å²) in [4.78, 5) is 25.3. The summed E-state index contributed by atoms with van der Waals surface area (Å²) in [6, 6.07) is 11.1. The zero-order chi connectivity index (χ0) is 19.9. The lowest BCUT2D eigenvalue weighted by Gasteiger charge is -2.33. The Bertz CT molecular complexity index is 1080. The average molecular weight is 398 g/mol. The highest BCUT2D eigenvalue weighted by Gasteiger charge is 2.47. The molecule has 7 nitrogen and oxygen atoms in total. The van der Waals surface area contributed by atoms with Crippen molar-refractivity contribution in [3.05, 3.63) is 53.8 Å². The van der Waals surface area contributed by atoms with E-state index in [1.807, 2.05) is 13.0 Å². The summed E-state index contributed by atoms with van der Waals surface area (Å²) in [5, 5.41) is 13.9. The normalized spacial score (nSPS) is 18.0. The number of hydrogen-bond acceptors (Lipinski definition) is 6. The third kappa shape index (κ3) is 3.20. The van der Waals surface area contributed by atoms with E-state index in [0.29, 0.717) is 22.0 Å². The van der Waals surface area contributed by atoms with Gasteiger partial charge in [-0.05, 0) is 55.8 Å². The first-order chi connectivity index (χ1) is 13.3. The average Bonchev–Trinajstić information content (AvgIpc) is 3.12. The Balaban J connectivity index is 1.54. The molecular weight excluding hydrogens is 383 g/mol. The molecule has 0 bridgehead atoms. The zero-order valence-electron chi connectivity index (χ0n) is 14.9. The minimum Gasteiger partial charge on any atom is -0.466 e. The van der Waals surface area contributed by atoms with Crippen LogP contribution in [0.5, 0.6) is 5.75 Å². The molecule has 2 heterocycles. The van der Waals surface area contributed by atoms with Crippen molar-refractivity contribution in [3.8, 4) is 16.3 Å². The molecule has 2 amide bonds. The van der Waals surface area contributed by atoms with E-state index in [1.54, 1.807) is 24.3 Å². The molecule has 0 aliphatic carbocycles. The van der Waals surface area contributed by atoms with Crippen LogP contribution in [0.15, 0.2) is 42.5 Å². The van der Waals surface area contributed by atoms with Gasteiger partial charge in [0.05, 0.1) is 5.69 Å². The number of carbonyl (C=O) groups is 2. The Hall–Kier alpha value is -3.33. The first-order valence-corrected chi connectivity index (χ1v) is 9.19. The smallest absolute Gasteiger partial charge is 0.280 e. The van der Waals surface area contributed by atoms with Crippen molar-refractivity contribution in [1.29, 1.82) is 0 Å². The Morgan fingerprint density at radius 1 is 1.21 bits per heavy atom. The molecule has 1 unspecified atom stereocenters. The molecule has 142 valence electrons. The molecule has 0 saturated heterocycles. The van der Waals surface area contributed by atoms with Gasteiger partial charge in [0.25, 0.3) is 17.4 Å². The van der Waals surface area contributed by atoms with Gasteiger partial charge >= 0.3 is 0 Å². The topological polar surface area (TPSA) is 93.2 Å². The summed E-state index contributed by atoms with van der Waals surface area (Å²) in [5.74, 6) is -1.19. The second kappa shape index (κ2) is 6.68. The number of nitrogens with one attached hydrogen (secondary N) is 2. The van der Waals surface area contributed by atoms with Crippen LogP contribution >= 0.6 is 11.3 Å².